The second kappa shape index (κ2) is 7.99. The van der Waals surface area contributed by atoms with Gasteiger partial charge in [0.15, 0.2) is 0 Å². The second-order valence-corrected chi connectivity index (χ2v) is 6.70. The number of hydrogen-bond donors (Lipinski definition) is 2. The first-order valence-corrected chi connectivity index (χ1v) is 8.92. The maximum absolute atomic E-state index is 11.0. The van der Waals surface area contributed by atoms with E-state index in [9.17, 15) is 4.79 Å². The Morgan fingerprint density at radius 2 is 1.78 bits per heavy atom. The van der Waals surface area contributed by atoms with Crippen LogP contribution in [0.5, 0.6) is 0 Å². The summed E-state index contributed by atoms with van der Waals surface area (Å²) < 4.78 is 0. The van der Waals surface area contributed by atoms with Gasteiger partial charge in [-0.25, -0.2) is 4.98 Å². The number of hydrazone groups is 1. The van der Waals surface area contributed by atoms with Gasteiger partial charge in [0.1, 0.15) is 5.82 Å². The molecule has 27 heavy (non-hydrogen) atoms. The van der Waals surface area contributed by atoms with E-state index in [0.29, 0.717) is 18.0 Å². The monoisotopic (exact) mass is 361 g/mol. The lowest BCUT2D eigenvalue weighted by Gasteiger charge is -2.10. The molecule has 0 aliphatic carbocycles. The molecule has 0 radical (unpaired) electrons. The van der Waals surface area contributed by atoms with Gasteiger partial charge in [-0.2, -0.15) is 5.10 Å². The van der Waals surface area contributed by atoms with Gasteiger partial charge in [-0.15, -0.1) is 0 Å². The Hall–Kier alpha value is -3.21. The summed E-state index contributed by atoms with van der Waals surface area (Å²) in [6.07, 6.45) is 0.370. The maximum atomic E-state index is 11.0. The van der Waals surface area contributed by atoms with E-state index >= 15 is 0 Å². The van der Waals surface area contributed by atoms with Crippen molar-refractivity contribution < 1.29 is 9.90 Å². The zero-order valence-electron chi connectivity index (χ0n) is 15.8. The van der Waals surface area contributed by atoms with Gasteiger partial charge in [0, 0.05) is 11.8 Å². The molecule has 0 atom stereocenters. The third kappa shape index (κ3) is 4.50. The number of rotatable bonds is 6. The summed E-state index contributed by atoms with van der Waals surface area (Å²) >= 11 is 0. The highest BCUT2D eigenvalue weighted by Crippen LogP contribution is 2.20. The summed E-state index contributed by atoms with van der Waals surface area (Å²) in [4.78, 5) is 15.6. The summed E-state index contributed by atoms with van der Waals surface area (Å²) in [6, 6.07) is 15.9. The SMILES string of the molecule is Cc1ccc(/C(CCC(=O)O)=N\Nc2cc(C)c3ccccc3n2)cc1C. The predicted molar refractivity (Wildman–Crippen MR) is 109 cm³/mol. The van der Waals surface area contributed by atoms with Gasteiger partial charge < -0.3 is 5.11 Å². The fourth-order valence-electron chi connectivity index (χ4n) is 2.94. The highest BCUT2D eigenvalue weighted by atomic mass is 16.4. The van der Waals surface area contributed by atoms with Gasteiger partial charge in [-0.1, -0.05) is 30.3 Å². The fraction of sp³-hybridized carbons (Fsp3) is 0.227. The van der Waals surface area contributed by atoms with E-state index in [0.717, 1.165) is 27.6 Å². The molecule has 2 aromatic carbocycles. The Bertz CT molecular complexity index is 1030. The molecule has 0 bridgehead atoms. The molecular weight excluding hydrogens is 338 g/mol. The van der Waals surface area contributed by atoms with Crippen LogP contribution in [0.1, 0.15) is 35.1 Å². The number of fused-ring (bicyclic) bond motifs is 1. The molecule has 1 aromatic heterocycles. The van der Waals surface area contributed by atoms with Crippen molar-refractivity contribution in [2.24, 2.45) is 5.10 Å². The minimum atomic E-state index is -0.841. The largest absolute Gasteiger partial charge is 0.481 e. The highest BCUT2D eigenvalue weighted by molar-refractivity contribution is 6.02. The lowest BCUT2D eigenvalue weighted by Crippen LogP contribution is -2.09. The van der Waals surface area contributed by atoms with Crippen LogP contribution < -0.4 is 5.43 Å². The van der Waals surface area contributed by atoms with Gasteiger partial charge in [0.05, 0.1) is 17.6 Å². The van der Waals surface area contributed by atoms with E-state index in [-0.39, 0.29) is 6.42 Å². The Kier molecular flexibility index (Phi) is 5.50. The number of aryl methyl sites for hydroxylation is 3. The first-order valence-electron chi connectivity index (χ1n) is 8.92. The first kappa shape index (κ1) is 18.6. The second-order valence-electron chi connectivity index (χ2n) is 6.70. The van der Waals surface area contributed by atoms with Crippen LogP contribution in [0.25, 0.3) is 10.9 Å². The van der Waals surface area contributed by atoms with Crippen molar-refractivity contribution in [1.82, 2.24) is 4.98 Å². The molecule has 0 aliphatic rings. The first-order chi connectivity index (χ1) is 12.9. The van der Waals surface area contributed by atoms with E-state index in [1.165, 1.54) is 5.56 Å². The molecule has 0 unspecified atom stereocenters. The Morgan fingerprint density at radius 3 is 2.52 bits per heavy atom. The van der Waals surface area contributed by atoms with Crippen LogP contribution in [-0.2, 0) is 4.79 Å². The van der Waals surface area contributed by atoms with Crippen molar-refractivity contribution in [3.8, 4) is 0 Å². The molecule has 0 spiro atoms. The molecule has 1 heterocycles. The van der Waals surface area contributed by atoms with Crippen LogP contribution in [0.3, 0.4) is 0 Å². The van der Waals surface area contributed by atoms with Gasteiger partial charge in [-0.3, -0.25) is 10.2 Å². The number of aliphatic carboxylic acids is 1. The van der Waals surface area contributed by atoms with E-state index < -0.39 is 5.97 Å². The number of anilines is 1. The number of para-hydroxylation sites is 1. The van der Waals surface area contributed by atoms with Gasteiger partial charge >= 0.3 is 5.97 Å². The van der Waals surface area contributed by atoms with Crippen molar-refractivity contribution in [2.75, 3.05) is 5.43 Å². The lowest BCUT2D eigenvalue weighted by molar-refractivity contribution is -0.136. The average molecular weight is 361 g/mol. The van der Waals surface area contributed by atoms with E-state index in [4.69, 9.17) is 5.11 Å². The lowest BCUT2D eigenvalue weighted by atomic mass is 10.0. The van der Waals surface area contributed by atoms with Gasteiger partial charge in [0.2, 0.25) is 0 Å². The maximum Gasteiger partial charge on any atom is 0.303 e. The number of aromatic nitrogens is 1. The number of nitrogens with one attached hydrogen (secondary N) is 1. The highest BCUT2D eigenvalue weighted by Gasteiger charge is 2.09. The topological polar surface area (TPSA) is 74.6 Å². The van der Waals surface area contributed by atoms with Crippen LogP contribution in [-0.4, -0.2) is 21.8 Å². The predicted octanol–water partition coefficient (Wildman–Crippen LogP) is 4.84. The van der Waals surface area contributed by atoms with E-state index in [1.54, 1.807) is 0 Å². The smallest absolute Gasteiger partial charge is 0.303 e. The molecule has 0 saturated heterocycles. The molecule has 0 amide bonds. The molecule has 5 nitrogen and oxygen atoms in total. The Balaban J connectivity index is 1.93. The molecule has 2 N–H and O–H groups in total. The molecule has 0 fully saturated rings. The van der Waals surface area contributed by atoms with Crippen molar-refractivity contribution in [2.45, 2.75) is 33.6 Å². The molecule has 0 saturated carbocycles. The summed E-state index contributed by atoms with van der Waals surface area (Å²) in [6.45, 7) is 6.12. The van der Waals surface area contributed by atoms with Gasteiger partial charge in [0.25, 0.3) is 0 Å². The average Bonchev–Trinajstić information content (AvgIpc) is 2.64. The number of nitrogens with zero attached hydrogens (tertiary/aromatic N) is 2. The van der Waals surface area contributed by atoms with Crippen molar-refractivity contribution in [3.63, 3.8) is 0 Å². The summed E-state index contributed by atoms with van der Waals surface area (Å²) in [7, 11) is 0. The molecule has 3 aromatic rings. The fourth-order valence-corrected chi connectivity index (χ4v) is 2.94. The third-order valence-electron chi connectivity index (χ3n) is 4.64. The van der Waals surface area contributed by atoms with Crippen LogP contribution in [0, 0.1) is 20.8 Å². The van der Waals surface area contributed by atoms with E-state index in [1.807, 2.05) is 69.3 Å². The number of carbonyl (C=O) groups is 1. The van der Waals surface area contributed by atoms with Gasteiger partial charge in [-0.05, 0) is 61.2 Å². The zero-order chi connectivity index (χ0) is 19.4. The summed E-state index contributed by atoms with van der Waals surface area (Å²) in [5, 5.41) is 14.7. The Morgan fingerprint density at radius 1 is 1.00 bits per heavy atom. The number of hydrogen-bond acceptors (Lipinski definition) is 4. The summed E-state index contributed by atoms with van der Waals surface area (Å²) in [5.41, 5.74) is 8.98. The molecular formula is C22H23N3O2. The summed E-state index contributed by atoms with van der Waals surface area (Å²) in [5.74, 6) is -0.200. The minimum Gasteiger partial charge on any atom is -0.481 e. The van der Waals surface area contributed by atoms with Crippen molar-refractivity contribution >= 4 is 28.4 Å². The molecule has 3 rings (SSSR count). The van der Waals surface area contributed by atoms with Crippen LogP contribution >= 0.6 is 0 Å². The quantitative estimate of drug-likeness (QED) is 0.486. The van der Waals surface area contributed by atoms with Crippen LogP contribution in [0.2, 0.25) is 0 Å². The Labute approximate surface area is 158 Å². The normalized spacial score (nSPS) is 11.6. The van der Waals surface area contributed by atoms with Crippen molar-refractivity contribution in [1.29, 1.82) is 0 Å². The van der Waals surface area contributed by atoms with Crippen molar-refractivity contribution in [3.05, 3.63) is 70.8 Å². The molecule has 0 aliphatic heterocycles. The number of benzene rings is 2. The third-order valence-corrected chi connectivity index (χ3v) is 4.64. The number of carboxylic acid groups (broad SMARTS) is 1. The van der Waals surface area contributed by atoms with E-state index in [2.05, 4.69) is 15.5 Å². The van der Waals surface area contributed by atoms with Crippen LogP contribution in [0.4, 0.5) is 5.82 Å². The zero-order valence-corrected chi connectivity index (χ0v) is 15.8. The number of carboxylic acids is 1. The molecule has 5 heteroatoms. The standard InChI is InChI=1S/C22H23N3O2/c1-14-8-9-17(12-15(14)2)19(10-11-22(26)27)24-25-21-13-16(3)18-6-4-5-7-20(18)23-21/h4-9,12-13H,10-11H2,1-3H3,(H,23,25)(H,26,27)/b24-19-. The minimum absolute atomic E-state index is 0.0254. The molecule has 138 valence electrons. The number of pyridine rings is 1. The van der Waals surface area contributed by atoms with Crippen LogP contribution in [0.15, 0.2) is 53.6 Å².